The lowest BCUT2D eigenvalue weighted by molar-refractivity contribution is 0.669. The van der Waals surface area contributed by atoms with Gasteiger partial charge in [0.15, 0.2) is 8.07 Å². The molecule has 0 amide bonds. The quantitative estimate of drug-likeness (QED) is 0.118. The number of hydrogen-bond donors (Lipinski definition) is 0. The zero-order valence-corrected chi connectivity index (χ0v) is 39.5. The second-order valence-electron chi connectivity index (χ2n) is 18.7. The van der Waals surface area contributed by atoms with E-state index in [1.54, 1.807) is 0 Å². The molecular weight excluding hydrogens is 881 g/mol. The minimum absolute atomic E-state index is 0.878. The summed E-state index contributed by atoms with van der Waals surface area (Å²) in [4.78, 5) is 0. The van der Waals surface area contributed by atoms with Crippen molar-refractivity contribution in [1.82, 2.24) is 9.13 Å². The number of fused-ring (bicyclic) bond motifs is 12. The standard InChI is InChI=1S/C66H42N2O2Si/c1-4-19-43(20-5-1)48-37-39-59(65-52-28-13-17-33-61(52)70-66(48)65)68-55-29-14-10-25-49(55)53-41-44(35-38-57(53)68)67-56-30-15-11-27-51(56)64-58(67)31-18-34-63(64)71(45-21-6-2-7-22-45,46-23-8-3-9-24-46)47-36-40-62-54(42-47)50-26-12-16-32-60(50)69-62/h1-42H. The molecule has 332 valence electrons. The van der Waals surface area contributed by atoms with E-state index in [4.69, 9.17) is 8.83 Å². The highest BCUT2D eigenvalue weighted by Crippen LogP contribution is 2.43. The van der Waals surface area contributed by atoms with Gasteiger partial charge in [0.25, 0.3) is 0 Å². The molecule has 15 rings (SSSR count). The predicted molar refractivity (Wildman–Crippen MR) is 299 cm³/mol. The summed E-state index contributed by atoms with van der Waals surface area (Å²) >= 11 is 0. The molecule has 0 radical (unpaired) electrons. The summed E-state index contributed by atoms with van der Waals surface area (Å²) < 4.78 is 18.2. The summed E-state index contributed by atoms with van der Waals surface area (Å²) in [6.45, 7) is 0. The third kappa shape index (κ3) is 5.72. The topological polar surface area (TPSA) is 36.1 Å². The van der Waals surface area contributed by atoms with Crippen molar-refractivity contribution < 1.29 is 8.83 Å². The lowest BCUT2D eigenvalue weighted by Gasteiger charge is -2.35. The smallest absolute Gasteiger partial charge is 0.180 e. The highest BCUT2D eigenvalue weighted by atomic mass is 28.3. The van der Waals surface area contributed by atoms with Crippen molar-refractivity contribution in [2.24, 2.45) is 0 Å². The average molecular weight is 923 g/mol. The first-order chi connectivity index (χ1) is 35.2. The Morgan fingerprint density at radius 1 is 0.310 bits per heavy atom. The normalized spacial score (nSPS) is 12.2. The van der Waals surface area contributed by atoms with Gasteiger partial charge in [-0.25, -0.2) is 0 Å². The van der Waals surface area contributed by atoms with Gasteiger partial charge in [-0.1, -0.05) is 188 Å². The van der Waals surface area contributed by atoms with Crippen LogP contribution in [0.5, 0.6) is 0 Å². The molecule has 71 heavy (non-hydrogen) atoms. The lowest BCUT2D eigenvalue weighted by atomic mass is 10.0. The van der Waals surface area contributed by atoms with Crippen molar-refractivity contribution in [2.45, 2.75) is 0 Å². The monoisotopic (exact) mass is 922 g/mol. The number of aromatic nitrogens is 2. The largest absolute Gasteiger partial charge is 0.456 e. The van der Waals surface area contributed by atoms with Crippen molar-refractivity contribution in [3.8, 4) is 22.5 Å². The molecule has 0 aliphatic heterocycles. The number of benzene rings is 11. The van der Waals surface area contributed by atoms with Crippen LogP contribution in [-0.4, -0.2) is 17.2 Å². The van der Waals surface area contributed by atoms with E-state index in [9.17, 15) is 0 Å². The highest BCUT2D eigenvalue weighted by Gasteiger charge is 2.43. The fourth-order valence-corrected chi connectivity index (χ4v) is 17.1. The fourth-order valence-electron chi connectivity index (χ4n) is 12.1. The molecule has 0 aliphatic carbocycles. The van der Waals surface area contributed by atoms with Crippen LogP contribution in [0, 0.1) is 0 Å². The van der Waals surface area contributed by atoms with Crippen molar-refractivity contribution in [1.29, 1.82) is 0 Å². The maximum Gasteiger partial charge on any atom is 0.180 e. The van der Waals surface area contributed by atoms with Crippen LogP contribution < -0.4 is 20.7 Å². The average Bonchev–Trinajstić information content (AvgIpc) is 4.20. The molecule has 5 heteroatoms. The number of hydrogen-bond acceptors (Lipinski definition) is 2. The fraction of sp³-hybridized carbons (Fsp3) is 0. The Hall–Kier alpha value is -9.16. The van der Waals surface area contributed by atoms with Crippen LogP contribution in [0.3, 0.4) is 0 Å². The Labute approximate surface area is 409 Å². The van der Waals surface area contributed by atoms with E-state index < -0.39 is 8.07 Å². The van der Waals surface area contributed by atoms with Crippen LogP contribution in [0.2, 0.25) is 0 Å². The van der Waals surface area contributed by atoms with Gasteiger partial charge >= 0.3 is 0 Å². The predicted octanol–water partition coefficient (Wildman–Crippen LogP) is 14.7. The molecule has 0 unspecified atom stereocenters. The van der Waals surface area contributed by atoms with Crippen molar-refractivity contribution in [3.05, 3.63) is 255 Å². The lowest BCUT2D eigenvalue weighted by Crippen LogP contribution is -2.74. The molecule has 0 fully saturated rings. The summed E-state index contributed by atoms with van der Waals surface area (Å²) in [6, 6.07) is 93.3. The first kappa shape index (κ1) is 39.8. The Kier molecular flexibility index (Phi) is 8.64. The van der Waals surface area contributed by atoms with Crippen LogP contribution in [-0.2, 0) is 0 Å². The zero-order chi connectivity index (χ0) is 46.6. The first-order valence-corrected chi connectivity index (χ1v) is 26.3. The third-order valence-electron chi connectivity index (χ3n) is 15.1. The SMILES string of the molecule is c1ccc(-c2ccc(-n3c4ccccc4c4cc(-n5c6ccccc6c6c([Si](c7ccccc7)(c7ccccc7)c7ccc8oc9ccccc9c8c7)cccc65)ccc43)c3c2oc2ccccc23)cc1. The number of rotatable bonds is 7. The Morgan fingerprint density at radius 3 is 1.63 bits per heavy atom. The maximum absolute atomic E-state index is 6.78. The Balaban J connectivity index is 1.00. The van der Waals surface area contributed by atoms with E-state index in [1.165, 1.54) is 53.3 Å². The van der Waals surface area contributed by atoms with E-state index in [2.05, 4.69) is 264 Å². The zero-order valence-electron chi connectivity index (χ0n) is 38.5. The van der Waals surface area contributed by atoms with Gasteiger partial charge in [-0.2, -0.15) is 0 Å². The van der Waals surface area contributed by atoms with Crippen LogP contribution in [0.25, 0.3) is 110 Å². The van der Waals surface area contributed by atoms with Crippen LogP contribution in [0.15, 0.2) is 264 Å². The molecule has 4 nitrogen and oxygen atoms in total. The summed E-state index contributed by atoms with van der Waals surface area (Å²) in [7, 11) is -3.09. The molecule has 0 aliphatic rings. The molecular formula is C66H42N2O2Si. The number of furan rings is 2. The van der Waals surface area contributed by atoms with Gasteiger partial charge in [0.1, 0.15) is 22.3 Å². The summed E-state index contributed by atoms with van der Waals surface area (Å²) in [5.41, 5.74) is 12.6. The van der Waals surface area contributed by atoms with Gasteiger partial charge in [0, 0.05) is 49.0 Å². The summed E-state index contributed by atoms with van der Waals surface area (Å²) in [5.74, 6) is 0. The van der Waals surface area contributed by atoms with Gasteiger partial charge in [-0.05, 0) is 93.0 Å². The molecule has 0 N–H and O–H groups in total. The Morgan fingerprint density at radius 2 is 0.887 bits per heavy atom. The van der Waals surface area contributed by atoms with E-state index in [1.807, 2.05) is 0 Å². The van der Waals surface area contributed by atoms with Gasteiger partial charge < -0.3 is 18.0 Å². The van der Waals surface area contributed by atoms with Crippen LogP contribution in [0.4, 0.5) is 0 Å². The Bertz CT molecular complexity index is 4540. The summed E-state index contributed by atoms with van der Waals surface area (Å²) in [5, 5.41) is 14.7. The second-order valence-corrected chi connectivity index (χ2v) is 22.5. The van der Waals surface area contributed by atoms with Crippen LogP contribution in [0.1, 0.15) is 0 Å². The first-order valence-electron chi connectivity index (χ1n) is 24.3. The van der Waals surface area contributed by atoms with E-state index in [0.29, 0.717) is 0 Å². The molecule has 4 heterocycles. The second kappa shape index (κ2) is 15.4. The number of para-hydroxylation sites is 4. The highest BCUT2D eigenvalue weighted by molar-refractivity contribution is 7.21. The van der Waals surface area contributed by atoms with Gasteiger partial charge in [-0.3, -0.25) is 0 Å². The molecule has 0 spiro atoms. The number of nitrogens with zero attached hydrogens (tertiary/aromatic N) is 2. The third-order valence-corrected chi connectivity index (χ3v) is 19.9. The van der Waals surface area contributed by atoms with Crippen LogP contribution >= 0.6 is 0 Å². The van der Waals surface area contributed by atoms with Gasteiger partial charge in [0.2, 0.25) is 0 Å². The molecule has 0 bridgehead atoms. The molecule has 11 aromatic carbocycles. The minimum Gasteiger partial charge on any atom is -0.456 e. The van der Waals surface area contributed by atoms with E-state index in [0.717, 1.165) is 77.4 Å². The summed E-state index contributed by atoms with van der Waals surface area (Å²) in [6.07, 6.45) is 0. The van der Waals surface area contributed by atoms with Crippen molar-refractivity contribution in [3.63, 3.8) is 0 Å². The van der Waals surface area contributed by atoms with Gasteiger partial charge in [-0.15, -0.1) is 0 Å². The minimum atomic E-state index is -3.09. The van der Waals surface area contributed by atoms with Crippen molar-refractivity contribution in [2.75, 3.05) is 0 Å². The molecule has 0 atom stereocenters. The van der Waals surface area contributed by atoms with Crippen molar-refractivity contribution >= 4 is 116 Å². The van der Waals surface area contributed by atoms with E-state index >= 15 is 0 Å². The van der Waals surface area contributed by atoms with E-state index in [-0.39, 0.29) is 0 Å². The van der Waals surface area contributed by atoms with Gasteiger partial charge in [0.05, 0.1) is 33.1 Å². The molecule has 15 aromatic rings. The molecule has 4 aromatic heterocycles. The molecule has 0 saturated carbocycles. The molecule has 0 saturated heterocycles. The maximum atomic E-state index is 6.78.